The van der Waals surface area contributed by atoms with Crippen molar-refractivity contribution in [1.82, 2.24) is 9.88 Å². The zero-order valence-corrected chi connectivity index (χ0v) is 11.3. The summed E-state index contributed by atoms with van der Waals surface area (Å²) in [6, 6.07) is 1.15. The molecule has 0 aliphatic carbocycles. The largest absolute Gasteiger partial charge is 0.481 e. The predicted octanol–water partition coefficient (Wildman–Crippen LogP) is 1.94. The van der Waals surface area contributed by atoms with Gasteiger partial charge in [-0.3, -0.25) is 14.6 Å². The van der Waals surface area contributed by atoms with Crippen molar-refractivity contribution in [3.05, 3.63) is 29.8 Å². The number of carboxylic acid groups (broad SMARTS) is 1. The van der Waals surface area contributed by atoms with Crippen molar-refractivity contribution in [2.45, 2.75) is 26.2 Å². The van der Waals surface area contributed by atoms with E-state index >= 15 is 0 Å². The fourth-order valence-electron chi connectivity index (χ4n) is 2.57. The van der Waals surface area contributed by atoms with Crippen LogP contribution in [0.5, 0.6) is 0 Å². The van der Waals surface area contributed by atoms with Crippen molar-refractivity contribution in [3.8, 4) is 0 Å². The molecule has 6 heteroatoms. The van der Waals surface area contributed by atoms with Gasteiger partial charge in [0.15, 0.2) is 0 Å². The number of hydrogen-bond donors (Lipinski definition) is 1. The van der Waals surface area contributed by atoms with Gasteiger partial charge >= 0.3 is 5.97 Å². The number of carboxylic acids is 1. The lowest BCUT2D eigenvalue weighted by atomic mass is 9.76. The lowest BCUT2D eigenvalue weighted by Crippen LogP contribution is -2.46. The molecular formula is C14H17FN2O3. The first kappa shape index (κ1) is 14.4. The molecule has 1 aliphatic rings. The minimum Gasteiger partial charge on any atom is -0.481 e. The summed E-state index contributed by atoms with van der Waals surface area (Å²) in [6.07, 6.45) is 3.76. The first-order valence-electron chi connectivity index (χ1n) is 6.62. The number of halogens is 1. The molecule has 20 heavy (non-hydrogen) atoms. The van der Waals surface area contributed by atoms with Crippen LogP contribution in [0.25, 0.3) is 0 Å². The highest BCUT2D eigenvalue weighted by atomic mass is 19.1. The Bertz CT molecular complexity index is 525. The summed E-state index contributed by atoms with van der Waals surface area (Å²) in [5.41, 5.74) is -0.541. The maximum absolute atomic E-state index is 13.1. The molecule has 1 aromatic rings. The highest BCUT2D eigenvalue weighted by Crippen LogP contribution is 2.35. The molecule has 0 saturated carbocycles. The quantitative estimate of drug-likeness (QED) is 0.918. The number of amides is 1. The van der Waals surface area contributed by atoms with E-state index in [0.29, 0.717) is 32.4 Å². The van der Waals surface area contributed by atoms with Crippen LogP contribution >= 0.6 is 0 Å². The van der Waals surface area contributed by atoms with E-state index in [1.54, 1.807) is 4.90 Å². The van der Waals surface area contributed by atoms with Crippen LogP contribution < -0.4 is 0 Å². The summed E-state index contributed by atoms with van der Waals surface area (Å²) >= 11 is 0. The first-order chi connectivity index (χ1) is 9.48. The average molecular weight is 280 g/mol. The fraction of sp³-hybridized carbons (Fsp3) is 0.500. The number of rotatable bonds is 3. The van der Waals surface area contributed by atoms with Crippen LogP contribution in [0, 0.1) is 11.2 Å². The summed E-state index contributed by atoms with van der Waals surface area (Å²) in [7, 11) is 0. The van der Waals surface area contributed by atoms with Crippen LogP contribution in [0.2, 0.25) is 0 Å². The summed E-state index contributed by atoms with van der Waals surface area (Å²) in [4.78, 5) is 28.7. The normalized spacial score (nSPS) is 17.8. The Kier molecular flexibility index (Phi) is 4.01. The number of nitrogens with zero attached hydrogens (tertiary/aromatic N) is 2. The zero-order chi connectivity index (χ0) is 14.8. The Labute approximate surface area is 116 Å². The molecule has 2 rings (SSSR count). The van der Waals surface area contributed by atoms with E-state index in [9.17, 15) is 19.1 Å². The smallest absolute Gasteiger partial charge is 0.309 e. The summed E-state index contributed by atoms with van der Waals surface area (Å²) in [5, 5.41) is 9.30. The van der Waals surface area contributed by atoms with Gasteiger partial charge in [0, 0.05) is 19.3 Å². The molecule has 0 atom stereocenters. The highest BCUT2D eigenvalue weighted by molar-refractivity contribution is 5.94. The van der Waals surface area contributed by atoms with Crippen molar-refractivity contribution in [1.29, 1.82) is 0 Å². The number of carbonyl (C=O) groups is 2. The van der Waals surface area contributed by atoms with Crippen molar-refractivity contribution in [2.24, 2.45) is 5.41 Å². The lowest BCUT2D eigenvalue weighted by Gasteiger charge is -2.38. The SMILES string of the molecule is CCC1(C(=O)O)CCN(C(=O)c2cncc(F)c2)CC1. The molecule has 0 unspecified atom stereocenters. The molecule has 1 aliphatic heterocycles. The third kappa shape index (κ3) is 2.64. The van der Waals surface area contributed by atoms with Crippen LogP contribution in [0.15, 0.2) is 18.5 Å². The van der Waals surface area contributed by atoms with Gasteiger partial charge in [0.2, 0.25) is 0 Å². The van der Waals surface area contributed by atoms with E-state index in [1.807, 2.05) is 6.92 Å². The van der Waals surface area contributed by atoms with Gasteiger partial charge in [-0.15, -0.1) is 0 Å². The van der Waals surface area contributed by atoms with Gasteiger partial charge < -0.3 is 10.0 Å². The van der Waals surface area contributed by atoms with Crippen molar-refractivity contribution < 1.29 is 19.1 Å². The predicted molar refractivity (Wildman–Crippen MR) is 69.7 cm³/mol. The molecule has 1 aromatic heterocycles. The summed E-state index contributed by atoms with van der Waals surface area (Å²) in [6.45, 7) is 2.59. The molecule has 1 N–H and O–H groups in total. The molecule has 2 heterocycles. The number of hydrogen-bond acceptors (Lipinski definition) is 3. The van der Waals surface area contributed by atoms with Gasteiger partial charge in [-0.1, -0.05) is 6.92 Å². The van der Waals surface area contributed by atoms with Crippen molar-refractivity contribution >= 4 is 11.9 Å². The third-order valence-corrected chi connectivity index (χ3v) is 4.09. The van der Waals surface area contributed by atoms with E-state index in [4.69, 9.17) is 0 Å². The van der Waals surface area contributed by atoms with E-state index in [2.05, 4.69) is 4.98 Å². The molecule has 0 aromatic carbocycles. The van der Waals surface area contributed by atoms with Crippen LogP contribution in [0.3, 0.4) is 0 Å². The van der Waals surface area contributed by atoms with Gasteiger partial charge in [0.25, 0.3) is 5.91 Å². The Hall–Kier alpha value is -1.98. The number of aromatic nitrogens is 1. The highest BCUT2D eigenvalue weighted by Gasteiger charge is 2.40. The molecule has 1 fully saturated rings. The van der Waals surface area contributed by atoms with Crippen LogP contribution in [0.1, 0.15) is 36.5 Å². The van der Waals surface area contributed by atoms with Gasteiger partial charge in [-0.2, -0.15) is 0 Å². The van der Waals surface area contributed by atoms with E-state index < -0.39 is 17.2 Å². The second-order valence-corrected chi connectivity index (χ2v) is 5.12. The average Bonchev–Trinajstić information content (AvgIpc) is 2.46. The maximum atomic E-state index is 13.1. The van der Waals surface area contributed by atoms with E-state index in [-0.39, 0.29) is 11.5 Å². The van der Waals surface area contributed by atoms with E-state index in [1.165, 1.54) is 6.20 Å². The van der Waals surface area contributed by atoms with E-state index in [0.717, 1.165) is 12.3 Å². The minimum atomic E-state index is -0.806. The Morgan fingerprint density at radius 1 is 1.40 bits per heavy atom. The van der Waals surface area contributed by atoms with Crippen LogP contribution in [-0.2, 0) is 4.79 Å². The first-order valence-corrected chi connectivity index (χ1v) is 6.62. The van der Waals surface area contributed by atoms with Crippen LogP contribution in [0.4, 0.5) is 4.39 Å². The fourth-order valence-corrected chi connectivity index (χ4v) is 2.57. The number of likely N-dealkylation sites (tertiary alicyclic amines) is 1. The second-order valence-electron chi connectivity index (χ2n) is 5.12. The Morgan fingerprint density at radius 2 is 2.05 bits per heavy atom. The Balaban J connectivity index is 2.07. The molecular weight excluding hydrogens is 263 g/mol. The maximum Gasteiger partial charge on any atom is 0.309 e. The molecule has 1 amide bonds. The van der Waals surface area contributed by atoms with Gasteiger partial charge in [0.05, 0.1) is 17.2 Å². The standard InChI is InChI=1S/C14H17FN2O3/c1-2-14(13(19)20)3-5-17(6-4-14)12(18)10-7-11(15)9-16-8-10/h7-9H,2-6H2,1H3,(H,19,20). The van der Waals surface area contributed by atoms with Gasteiger partial charge in [0.1, 0.15) is 5.82 Å². The van der Waals surface area contributed by atoms with Crippen molar-refractivity contribution in [2.75, 3.05) is 13.1 Å². The minimum absolute atomic E-state index is 0.198. The topological polar surface area (TPSA) is 70.5 Å². The number of carbonyl (C=O) groups excluding carboxylic acids is 1. The van der Waals surface area contributed by atoms with Crippen molar-refractivity contribution in [3.63, 3.8) is 0 Å². The number of piperidine rings is 1. The summed E-state index contributed by atoms with van der Waals surface area (Å²) in [5.74, 6) is -1.66. The van der Waals surface area contributed by atoms with Gasteiger partial charge in [-0.05, 0) is 25.3 Å². The second kappa shape index (κ2) is 5.56. The Morgan fingerprint density at radius 3 is 2.55 bits per heavy atom. The molecule has 0 bridgehead atoms. The van der Waals surface area contributed by atoms with Gasteiger partial charge in [-0.25, -0.2) is 4.39 Å². The molecule has 1 saturated heterocycles. The molecule has 108 valence electrons. The summed E-state index contributed by atoms with van der Waals surface area (Å²) < 4.78 is 13.1. The lowest BCUT2D eigenvalue weighted by molar-refractivity contribution is -0.152. The third-order valence-electron chi connectivity index (χ3n) is 4.09. The number of pyridine rings is 1. The van der Waals surface area contributed by atoms with Crippen LogP contribution in [-0.4, -0.2) is 40.0 Å². The zero-order valence-electron chi connectivity index (χ0n) is 11.3. The monoisotopic (exact) mass is 280 g/mol. The number of aliphatic carboxylic acids is 1. The molecule has 0 spiro atoms. The molecule has 0 radical (unpaired) electrons. The molecule has 5 nitrogen and oxygen atoms in total.